The number of esters is 1. The monoisotopic (exact) mass is 433 g/mol. The molecular formula is C26H43NO4. The van der Waals surface area contributed by atoms with Crippen LogP contribution in [0.2, 0.25) is 0 Å². The van der Waals surface area contributed by atoms with E-state index in [-0.39, 0.29) is 22.9 Å². The van der Waals surface area contributed by atoms with E-state index in [0.29, 0.717) is 6.42 Å². The maximum Gasteiger partial charge on any atom is 0.341 e. The Morgan fingerprint density at radius 3 is 1.77 bits per heavy atom. The lowest BCUT2D eigenvalue weighted by atomic mass is 10.0. The number of amides is 1. The van der Waals surface area contributed by atoms with Crippen molar-refractivity contribution in [2.75, 3.05) is 12.4 Å². The Morgan fingerprint density at radius 1 is 0.806 bits per heavy atom. The molecule has 31 heavy (non-hydrogen) atoms. The fraction of sp³-hybridized carbons (Fsp3) is 0.692. The predicted octanol–water partition coefficient (Wildman–Crippen LogP) is 7.38. The number of phenols is 1. The van der Waals surface area contributed by atoms with Crippen LogP contribution >= 0.6 is 0 Å². The van der Waals surface area contributed by atoms with Gasteiger partial charge in [-0.1, -0.05) is 103 Å². The topological polar surface area (TPSA) is 75.6 Å². The molecule has 5 nitrogen and oxygen atoms in total. The lowest BCUT2D eigenvalue weighted by Crippen LogP contribution is -2.12. The van der Waals surface area contributed by atoms with Gasteiger partial charge in [0.25, 0.3) is 0 Å². The Hall–Kier alpha value is -2.04. The number of para-hydroxylation sites is 1. The van der Waals surface area contributed by atoms with E-state index < -0.39 is 5.97 Å². The second kappa shape index (κ2) is 17.6. The van der Waals surface area contributed by atoms with Crippen molar-refractivity contribution < 1.29 is 19.4 Å². The highest BCUT2D eigenvalue weighted by molar-refractivity contribution is 5.98. The van der Waals surface area contributed by atoms with Gasteiger partial charge < -0.3 is 15.2 Å². The van der Waals surface area contributed by atoms with Crippen LogP contribution in [0.15, 0.2) is 18.2 Å². The summed E-state index contributed by atoms with van der Waals surface area (Å²) in [6.45, 7) is 2.26. The second-order valence-electron chi connectivity index (χ2n) is 8.44. The summed E-state index contributed by atoms with van der Waals surface area (Å²) in [5.74, 6) is -1.03. The van der Waals surface area contributed by atoms with Gasteiger partial charge in [0.2, 0.25) is 5.91 Å². The molecule has 0 aromatic heterocycles. The highest BCUT2D eigenvalue weighted by Gasteiger charge is 2.15. The fourth-order valence-electron chi connectivity index (χ4n) is 3.79. The highest BCUT2D eigenvalue weighted by atomic mass is 16.5. The molecule has 2 N–H and O–H groups in total. The molecule has 0 atom stereocenters. The third-order valence-electron chi connectivity index (χ3n) is 5.72. The number of methoxy groups -OCH3 is 1. The minimum absolute atomic E-state index is 0.0484. The minimum Gasteiger partial charge on any atom is -0.505 e. The molecule has 0 saturated carbocycles. The molecule has 1 rings (SSSR count). The maximum absolute atomic E-state index is 12.1. The summed E-state index contributed by atoms with van der Waals surface area (Å²) in [6.07, 6.45) is 19.8. The van der Waals surface area contributed by atoms with E-state index in [1.54, 1.807) is 12.1 Å². The van der Waals surface area contributed by atoms with Gasteiger partial charge in [0, 0.05) is 6.42 Å². The van der Waals surface area contributed by atoms with Crippen LogP contribution in [0, 0.1) is 0 Å². The first-order valence-corrected chi connectivity index (χ1v) is 12.3. The van der Waals surface area contributed by atoms with Crippen LogP contribution in [0.1, 0.15) is 120 Å². The minimum atomic E-state index is -0.629. The molecule has 0 radical (unpaired) electrons. The molecule has 1 amide bonds. The van der Waals surface area contributed by atoms with Crippen molar-refractivity contribution in [1.29, 1.82) is 0 Å². The van der Waals surface area contributed by atoms with E-state index in [1.165, 1.54) is 90.2 Å². The average molecular weight is 434 g/mol. The Morgan fingerprint density at radius 2 is 1.29 bits per heavy atom. The zero-order chi connectivity index (χ0) is 22.7. The van der Waals surface area contributed by atoms with Gasteiger partial charge in [-0.25, -0.2) is 4.79 Å². The van der Waals surface area contributed by atoms with Crippen molar-refractivity contribution in [1.82, 2.24) is 0 Å². The molecular weight excluding hydrogens is 390 g/mol. The van der Waals surface area contributed by atoms with Crippen LogP contribution in [0.25, 0.3) is 0 Å². The van der Waals surface area contributed by atoms with Gasteiger partial charge in [0.1, 0.15) is 5.56 Å². The van der Waals surface area contributed by atoms with Gasteiger partial charge in [0.15, 0.2) is 5.75 Å². The van der Waals surface area contributed by atoms with Crippen molar-refractivity contribution in [2.24, 2.45) is 0 Å². The Bertz CT molecular complexity index is 630. The molecule has 0 unspecified atom stereocenters. The SMILES string of the molecule is CCCCCCCCCCCCCCCCCC(=O)Nc1cccc(C(=O)OC)c1O. The summed E-state index contributed by atoms with van der Waals surface area (Å²) in [7, 11) is 1.25. The van der Waals surface area contributed by atoms with Gasteiger partial charge in [-0.3, -0.25) is 4.79 Å². The van der Waals surface area contributed by atoms with Gasteiger partial charge >= 0.3 is 5.97 Å². The van der Waals surface area contributed by atoms with E-state index in [9.17, 15) is 14.7 Å². The first-order chi connectivity index (χ1) is 15.1. The van der Waals surface area contributed by atoms with Crippen LogP contribution in [0.3, 0.4) is 0 Å². The summed E-state index contributed by atoms with van der Waals surface area (Å²) < 4.78 is 4.63. The highest BCUT2D eigenvalue weighted by Crippen LogP contribution is 2.28. The maximum atomic E-state index is 12.1. The molecule has 0 fully saturated rings. The van der Waals surface area contributed by atoms with Crippen LogP contribution in [0.4, 0.5) is 5.69 Å². The molecule has 1 aromatic rings. The molecule has 0 saturated heterocycles. The first-order valence-electron chi connectivity index (χ1n) is 12.3. The number of rotatable bonds is 18. The zero-order valence-electron chi connectivity index (χ0n) is 19.7. The van der Waals surface area contributed by atoms with E-state index in [4.69, 9.17) is 0 Å². The number of benzene rings is 1. The lowest BCUT2D eigenvalue weighted by molar-refractivity contribution is -0.116. The molecule has 0 spiro atoms. The van der Waals surface area contributed by atoms with E-state index >= 15 is 0 Å². The number of ether oxygens (including phenoxy) is 1. The third-order valence-corrected chi connectivity index (χ3v) is 5.72. The first kappa shape index (κ1) is 27.0. The van der Waals surface area contributed by atoms with E-state index in [0.717, 1.165) is 19.3 Å². The smallest absolute Gasteiger partial charge is 0.341 e. The number of carbonyl (C=O) groups is 2. The Kier molecular flexibility index (Phi) is 15.3. The van der Waals surface area contributed by atoms with Crippen molar-refractivity contribution >= 4 is 17.6 Å². The van der Waals surface area contributed by atoms with Crippen molar-refractivity contribution in [3.63, 3.8) is 0 Å². The Balaban J connectivity index is 2.00. The molecule has 5 heteroatoms. The lowest BCUT2D eigenvalue weighted by Gasteiger charge is -2.10. The van der Waals surface area contributed by atoms with E-state index in [2.05, 4.69) is 17.0 Å². The molecule has 0 aliphatic rings. The average Bonchev–Trinajstić information content (AvgIpc) is 2.77. The number of aromatic hydroxyl groups is 1. The number of nitrogens with one attached hydrogen (secondary N) is 1. The molecule has 0 aliphatic carbocycles. The Labute approximate surface area is 189 Å². The normalized spacial score (nSPS) is 10.8. The van der Waals surface area contributed by atoms with E-state index in [1.807, 2.05) is 0 Å². The summed E-state index contributed by atoms with van der Waals surface area (Å²) in [4.78, 5) is 23.7. The van der Waals surface area contributed by atoms with Gasteiger partial charge in [-0.2, -0.15) is 0 Å². The summed E-state index contributed by atoms with van der Waals surface area (Å²) in [5, 5.41) is 12.8. The van der Waals surface area contributed by atoms with Gasteiger partial charge in [-0.05, 0) is 18.6 Å². The van der Waals surface area contributed by atoms with Crippen LogP contribution in [0.5, 0.6) is 5.75 Å². The molecule has 0 bridgehead atoms. The summed E-state index contributed by atoms with van der Waals surface area (Å²) >= 11 is 0. The van der Waals surface area contributed by atoms with Crippen molar-refractivity contribution in [2.45, 2.75) is 110 Å². The summed E-state index contributed by atoms with van der Waals surface area (Å²) in [5.41, 5.74) is 0.293. The molecule has 1 aromatic carbocycles. The van der Waals surface area contributed by atoms with Crippen molar-refractivity contribution in [3.8, 4) is 5.75 Å². The third kappa shape index (κ3) is 12.4. The number of hydrogen-bond acceptors (Lipinski definition) is 4. The fourth-order valence-corrected chi connectivity index (χ4v) is 3.79. The summed E-state index contributed by atoms with van der Waals surface area (Å²) in [6, 6.07) is 4.65. The predicted molar refractivity (Wildman–Crippen MR) is 128 cm³/mol. The van der Waals surface area contributed by atoms with Crippen molar-refractivity contribution in [3.05, 3.63) is 23.8 Å². The largest absolute Gasteiger partial charge is 0.505 e. The van der Waals surface area contributed by atoms with Crippen LogP contribution in [-0.2, 0) is 9.53 Å². The number of carbonyl (C=O) groups excluding carboxylic acids is 2. The number of unbranched alkanes of at least 4 members (excludes halogenated alkanes) is 14. The molecule has 0 heterocycles. The van der Waals surface area contributed by atoms with Gasteiger partial charge in [-0.15, -0.1) is 0 Å². The zero-order valence-corrected chi connectivity index (χ0v) is 19.7. The molecule has 176 valence electrons. The number of phenolic OH excluding ortho intramolecular Hbond substituents is 1. The van der Waals surface area contributed by atoms with Crippen LogP contribution < -0.4 is 5.32 Å². The standard InChI is InChI=1S/C26H43NO4/c1-3-4-5-6-7-8-9-10-11-12-13-14-15-16-17-21-24(28)27-23-20-18-19-22(25(23)29)26(30)31-2/h18-20,29H,3-17,21H2,1-2H3,(H,27,28). The second-order valence-corrected chi connectivity index (χ2v) is 8.44. The quantitative estimate of drug-likeness (QED) is 0.144. The number of hydrogen-bond donors (Lipinski definition) is 2. The van der Waals surface area contributed by atoms with Crippen LogP contribution in [-0.4, -0.2) is 24.1 Å². The number of anilines is 1. The molecule has 0 aliphatic heterocycles. The van der Waals surface area contributed by atoms with Gasteiger partial charge in [0.05, 0.1) is 12.8 Å².